The fraction of sp³-hybridized carbons (Fsp3) is 1.00. The van der Waals surface area contributed by atoms with Gasteiger partial charge in [-0.15, -0.1) is 0 Å². The molecule has 1 aliphatic heterocycles. The van der Waals surface area contributed by atoms with Crippen molar-refractivity contribution in [2.45, 2.75) is 39.9 Å². The molecule has 0 N–H and O–H groups in total. The van der Waals surface area contributed by atoms with Gasteiger partial charge in [0.2, 0.25) is 0 Å². The van der Waals surface area contributed by atoms with Crippen LogP contribution in [0.4, 0.5) is 0 Å². The molecule has 0 radical (unpaired) electrons. The predicted octanol–water partition coefficient (Wildman–Crippen LogP) is -0.776. The van der Waals surface area contributed by atoms with E-state index in [2.05, 4.69) is 34.9 Å². The van der Waals surface area contributed by atoms with E-state index < -0.39 is 0 Å². The van der Waals surface area contributed by atoms with Crippen LogP contribution >= 0.6 is 0 Å². The zero-order valence-electron chi connectivity index (χ0n) is 11.3. The molecular formula is C12H26INO2. The maximum absolute atomic E-state index is 5.81. The van der Waals surface area contributed by atoms with Crippen LogP contribution in [0.3, 0.4) is 0 Å². The van der Waals surface area contributed by atoms with Crippen molar-refractivity contribution in [2.75, 3.05) is 34.0 Å². The highest BCUT2D eigenvalue weighted by atomic mass is 127. The number of hydrogen-bond acceptors (Lipinski definition) is 2. The fourth-order valence-electron chi connectivity index (χ4n) is 2.33. The Morgan fingerprint density at radius 1 is 1.38 bits per heavy atom. The van der Waals surface area contributed by atoms with E-state index in [0.29, 0.717) is 0 Å². The molecule has 0 bridgehead atoms. The van der Waals surface area contributed by atoms with Crippen LogP contribution < -0.4 is 24.0 Å². The largest absolute Gasteiger partial charge is 1.00 e. The summed E-state index contributed by atoms with van der Waals surface area (Å²) in [5.41, 5.74) is 0.107. The second-order valence-corrected chi connectivity index (χ2v) is 5.93. The first-order chi connectivity index (χ1) is 6.87. The van der Waals surface area contributed by atoms with Crippen molar-refractivity contribution in [3.63, 3.8) is 0 Å². The third kappa shape index (κ3) is 4.85. The summed E-state index contributed by atoms with van der Waals surface area (Å²) in [4.78, 5) is 0. The zero-order valence-corrected chi connectivity index (χ0v) is 13.4. The minimum Gasteiger partial charge on any atom is -1.00 e. The highest BCUT2D eigenvalue weighted by molar-refractivity contribution is 4.74. The second kappa shape index (κ2) is 6.52. The maximum Gasteiger partial charge on any atom is 0.185 e. The molecule has 16 heavy (non-hydrogen) atoms. The van der Waals surface area contributed by atoms with Gasteiger partial charge in [-0.3, -0.25) is 0 Å². The van der Waals surface area contributed by atoms with E-state index in [1.54, 1.807) is 0 Å². The van der Waals surface area contributed by atoms with Crippen LogP contribution in [0.15, 0.2) is 0 Å². The molecule has 0 aromatic carbocycles. The molecule has 3 nitrogen and oxygen atoms in total. The van der Waals surface area contributed by atoms with Gasteiger partial charge in [0.15, 0.2) is 13.0 Å². The van der Waals surface area contributed by atoms with Crippen LogP contribution in [-0.2, 0) is 9.47 Å². The van der Waals surface area contributed by atoms with Crippen molar-refractivity contribution in [2.24, 2.45) is 5.41 Å². The monoisotopic (exact) mass is 343 g/mol. The molecular weight excluding hydrogens is 317 g/mol. The number of hydrogen-bond donors (Lipinski definition) is 0. The summed E-state index contributed by atoms with van der Waals surface area (Å²) in [5.74, 6) is 0. The Balaban J connectivity index is 0.00000225. The minimum absolute atomic E-state index is 0. The third-order valence-electron chi connectivity index (χ3n) is 2.82. The van der Waals surface area contributed by atoms with E-state index >= 15 is 0 Å². The molecule has 1 rings (SSSR count). The molecule has 1 fully saturated rings. The van der Waals surface area contributed by atoms with E-state index in [-0.39, 0.29) is 35.7 Å². The van der Waals surface area contributed by atoms with Crippen LogP contribution in [0.1, 0.15) is 33.6 Å². The smallest absolute Gasteiger partial charge is 0.185 e. The van der Waals surface area contributed by atoms with Crippen LogP contribution in [0, 0.1) is 5.41 Å². The standard InChI is InChI=1S/C12H26NO2.HI/c1-6-7-8-14-11-12(2,3)9-13(4,5)10-15-11;/h11H,6-10H2,1-5H3;1H/q+1;/p-1. The number of halogens is 1. The van der Waals surface area contributed by atoms with Crippen LogP contribution in [0.5, 0.6) is 0 Å². The first-order valence-electron chi connectivity index (χ1n) is 5.92. The fourth-order valence-corrected chi connectivity index (χ4v) is 2.33. The highest BCUT2D eigenvalue weighted by Gasteiger charge is 2.43. The average Bonchev–Trinajstić information content (AvgIpc) is 2.06. The lowest BCUT2D eigenvalue weighted by atomic mass is 9.90. The summed E-state index contributed by atoms with van der Waals surface area (Å²) >= 11 is 0. The maximum atomic E-state index is 5.81. The molecule has 98 valence electrons. The van der Waals surface area contributed by atoms with Crippen molar-refractivity contribution in [1.29, 1.82) is 0 Å². The summed E-state index contributed by atoms with van der Waals surface area (Å²) in [6.45, 7) is 9.30. The SMILES string of the molecule is CCCCOC1OC[N+](C)(C)CC1(C)C.[I-]. The zero-order chi connectivity index (χ0) is 11.5. The molecule has 0 saturated carbocycles. The Hall–Kier alpha value is 0.610. The molecule has 0 aromatic rings. The Labute approximate surface area is 117 Å². The summed E-state index contributed by atoms with van der Waals surface area (Å²) in [6.07, 6.45) is 2.26. The van der Waals surface area contributed by atoms with Gasteiger partial charge in [-0.05, 0) is 20.3 Å². The van der Waals surface area contributed by atoms with E-state index in [4.69, 9.17) is 9.47 Å². The predicted molar refractivity (Wildman–Crippen MR) is 61.4 cm³/mol. The number of ether oxygens (including phenoxy) is 2. The van der Waals surface area contributed by atoms with Gasteiger partial charge < -0.3 is 37.9 Å². The lowest BCUT2D eigenvalue weighted by molar-refractivity contribution is -0.929. The number of rotatable bonds is 4. The average molecular weight is 343 g/mol. The Morgan fingerprint density at radius 2 is 2.00 bits per heavy atom. The summed E-state index contributed by atoms with van der Waals surface area (Å²) in [7, 11) is 4.40. The van der Waals surface area contributed by atoms with Gasteiger partial charge >= 0.3 is 0 Å². The van der Waals surface area contributed by atoms with Crippen molar-refractivity contribution in [3.05, 3.63) is 0 Å². The first kappa shape index (κ1) is 16.6. The Bertz CT molecular complexity index is 207. The third-order valence-corrected chi connectivity index (χ3v) is 2.82. The molecule has 0 aromatic heterocycles. The molecule has 0 spiro atoms. The van der Waals surface area contributed by atoms with Gasteiger partial charge in [0.1, 0.15) is 0 Å². The molecule has 0 amide bonds. The van der Waals surface area contributed by atoms with E-state index in [0.717, 1.165) is 30.8 Å². The molecule has 1 aliphatic rings. The van der Waals surface area contributed by atoms with Crippen LogP contribution in [0.2, 0.25) is 0 Å². The highest BCUT2D eigenvalue weighted by Crippen LogP contribution is 2.32. The van der Waals surface area contributed by atoms with Gasteiger partial charge in [0.25, 0.3) is 0 Å². The number of unbranched alkanes of at least 4 members (excludes halogenated alkanes) is 1. The van der Waals surface area contributed by atoms with Gasteiger partial charge in [-0.2, -0.15) is 0 Å². The minimum atomic E-state index is -0.0322. The normalized spacial score (nSPS) is 27.2. The van der Waals surface area contributed by atoms with Crippen molar-refractivity contribution in [1.82, 2.24) is 0 Å². The van der Waals surface area contributed by atoms with Gasteiger partial charge in [-0.1, -0.05) is 13.3 Å². The molecule has 0 aliphatic carbocycles. The first-order valence-corrected chi connectivity index (χ1v) is 5.92. The molecule has 1 saturated heterocycles. The Kier molecular flexibility index (Phi) is 6.77. The van der Waals surface area contributed by atoms with Gasteiger partial charge in [-0.25, -0.2) is 0 Å². The molecule has 1 heterocycles. The van der Waals surface area contributed by atoms with E-state index in [1.807, 2.05) is 0 Å². The van der Waals surface area contributed by atoms with Crippen LogP contribution in [0.25, 0.3) is 0 Å². The molecule has 1 atom stereocenters. The number of quaternary nitrogens is 1. The molecule has 4 heteroatoms. The molecule has 1 unspecified atom stereocenters. The van der Waals surface area contributed by atoms with Gasteiger partial charge in [0, 0.05) is 6.61 Å². The Morgan fingerprint density at radius 3 is 2.50 bits per heavy atom. The topological polar surface area (TPSA) is 18.5 Å². The van der Waals surface area contributed by atoms with Crippen LogP contribution in [-0.4, -0.2) is 44.8 Å². The van der Waals surface area contributed by atoms with E-state index in [9.17, 15) is 0 Å². The van der Waals surface area contributed by atoms with E-state index in [1.165, 1.54) is 6.42 Å². The second-order valence-electron chi connectivity index (χ2n) is 5.93. The number of nitrogens with zero attached hydrogens (tertiary/aromatic N) is 1. The lowest BCUT2D eigenvalue weighted by Crippen LogP contribution is -3.00. The summed E-state index contributed by atoms with van der Waals surface area (Å²) in [6, 6.07) is 0. The van der Waals surface area contributed by atoms with Crippen molar-refractivity contribution < 1.29 is 37.9 Å². The lowest BCUT2D eigenvalue weighted by Gasteiger charge is -2.46. The van der Waals surface area contributed by atoms with Crippen molar-refractivity contribution in [3.8, 4) is 0 Å². The quantitative estimate of drug-likeness (QED) is 0.379. The summed E-state index contributed by atoms with van der Waals surface area (Å²) < 4.78 is 12.5. The van der Waals surface area contributed by atoms with Crippen molar-refractivity contribution >= 4 is 0 Å². The summed E-state index contributed by atoms with van der Waals surface area (Å²) in [5, 5.41) is 0. The van der Waals surface area contributed by atoms with Gasteiger partial charge in [0.05, 0.1) is 26.1 Å².